The Morgan fingerprint density at radius 2 is 2.18 bits per heavy atom. The van der Waals surface area contributed by atoms with Crippen LogP contribution >= 0.6 is 11.3 Å². The van der Waals surface area contributed by atoms with Gasteiger partial charge in [0, 0.05) is 18.8 Å². The molecule has 1 aliphatic rings. The molecule has 0 saturated heterocycles. The second kappa shape index (κ2) is 4.43. The van der Waals surface area contributed by atoms with Gasteiger partial charge in [0.25, 0.3) is 0 Å². The van der Waals surface area contributed by atoms with E-state index >= 15 is 0 Å². The van der Waals surface area contributed by atoms with Crippen molar-refractivity contribution in [3.63, 3.8) is 0 Å². The van der Waals surface area contributed by atoms with Crippen LogP contribution in [0.1, 0.15) is 17.0 Å². The van der Waals surface area contributed by atoms with Crippen LogP contribution < -0.4 is 10.6 Å². The van der Waals surface area contributed by atoms with E-state index in [0.29, 0.717) is 6.54 Å². The van der Waals surface area contributed by atoms with E-state index in [1.54, 1.807) is 11.3 Å². The summed E-state index contributed by atoms with van der Waals surface area (Å²) >= 11 is 1.58. The Morgan fingerprint density at radius 3 is 3.00 bits per heavy atom. The Morgan fingerprint density at radius 1 is 1.29 bits per heavy atom. The highest BCUT2D eigenvalue weighted by Crippen LogP contribution is 2.34. The van der Waals surface area contributed by atoms with E-state index in [2.05, 4.69) is 39.4 Å². The van der Waals surface area contributed by atoms with Crippen molar-refractivity contribution in [3.05, 3.63) is 34.8 Å². The molecule has 0 unspecified atom stereocenters. The quantitative estimate of drug-likeness (QED) is 0.881. The molecule has 88 valence electrons. The van der Waals surface area contributed by atoms with Crippen LogP contribution in [0.2, 0.25) is 0 Å². The summed E-state index contributed by atoms with van der Waals surface area (Å²) in [7, 11) is 0. The largest absolute Gasteiger partial charge is 0.324 e. The third kappa shape index (κ3) is 1.92. The van der Waals surface area contributed by atoms with Gasteiger partial charge in [-0.15, -0.1) is 10.2 Å². The van der Waals surface area contributed by atoms with Gasteiger partial charge in [0.2, 0.25) is 5.13 Å². The Labute approximate surface area is 104 Å². The van der Waals surface area contributed by atoms with Crippen molar-refractivity contribution >= 4 is 22.2 Å². The van der Waals surface area contributed by atoms with E-state index in [4.69, 9.17) is 5.73 Å². The first-order chi connectivity index (χ1) is 8.38. The van der Waals surface area contributed by atoms with Crippen LogP contribution in [0, 0.1) is 0 Å². The van der Waals surface area contributed by atoms with Gasteiger partial charge in [0.15, 0.2) is 0 Å². The molecule has 4 nitrogen and oxygen atoms in total. The molecule has 0 aliphatic carbocycles. The van der Waals surface area contributed by atoms with Crippen molar-refractivity contribution in [2.45, 2.75) is 19.4 Å². The monoisotopic (exact) mass is 246 g/mol. The smallest absolute Gasteiger partial charge is 0.212 e. The van der Waals surface area contributed by atoms with Crippen LogP contribution in [0.4, 0.5) is 10.8 Å². The second-order valence-corrected chi connectivity index (χ2v) is 5.11. The zero-order valence-electron chi connectivity index (χ0n) is 9.47. The summed E-state index contributed by atoms with van der Waals surface area (Å²) in [6.07, 6.45) is 2.31. The number of aryl methyl sites for hydroxylation is 1. The van der Waals surface area contributed by atoms with Crippen molar-refractivity contribution in [1.82, 2.24) is 10.2 Å². The number of hydrogen-bond acceptors (Lipinski definition) is 5. The first-order valence-electron chi connectivity index (χ1n) is 5.76. The van der Waals surface area contributed by atoms with Crippen LogP contribution in [0.3, 0.4) is 0 Å². The minimum absolute atomic E-state index is 0.465. The number of nitrogens with zero attached hydrogens (tertiary/aromatic N) is 3. The van der Waals surface area contributed by atoms with Crippen molar-refractivity contribution in [3.8, 4) is 0 Å². The molecule has 5 heteroatoms. The lowest BCUT2D eigenvalue weighted by molar-refractivity contribution is 0.760. The maximum atomic E-state index is 5.58. The zero-order valence-corrected chi connectivity index (χ0v) is 10.3. The first-order valence-corrected chi connectivity index (χ1v) is 6.58. The zero-order chi connectivity index (χ0) is 11.7. The highest BCUT2D eigenvalue weighted by atomic mass is 32.1. The van der Waals surface area contributed by atoms with Gasteiger partial charge in [-0.05, 0) is 24.5 Å². The van der Waals surface area contributed by atoms with Crippen LogP contribution in [-0.4, -0.2) is 16.7 Å². The lowest BCUT2D eigenvalue weighted by Crippen LogP contribution is -2.24. The predicted octanol–water partition coefficient (Wildman–Crippen LogP) is 2.08. The summed E-state index contributed by atoms with van der Waals surface area (Å²) in [5.74, 6) is 0. The van der Waals surface area contributed by atoms with E-state index in [1.807, 2.05) is 0 Å². The number of para-hydroxylation sites is 1. The number of benzene rings is 1. The Balaban J connectivity index is 1.99. The highest BCUT2D eigenvalue weighted by molar-refractivity contribution is 7.15. The van der Waals surface area contributed by atoms with Gasteiger partial charge in [0.05, 0.1) is 0 Å². The van der Waals surface area contributed by atoms with Crippen molar-refractivity contribution in [2.24, 2.45) is 5.73 Å². The third-order valence-electron chi connectivity index (χ3n) is 2.97. The van der Waals surface area contributed by atoms with Gasteiger partial charge < -0.3 is 10.6 Å². The fourth-order valence-corrected chi connectivity index (χ4v) is 2.93. The van der Waals surface area contributed by atoms with Crippen LogP contribution in [0.25, 0.3) is 0 Å². The molecule has 0 saturated carbocycles. The molecule has 0 amide bonds. The standard InChI is InChI=1S/C12H14N4S/c13-8-11-14-15-12(17-11)16-7-3-5-9-4-1-2-6-10(9)16/h1-2,4,6H,3,5,7-8,13H2. The summed E-state index contributed by atoms with van der Waals surface area (Å²) in [5.41, 5.74) is 8.23. The molecule has 1 aliphatic heterocycles. The molecule has 0 atom stereocenters. The van der Waals surface area contributed by atoms with E-state index < -0.39 is 0 Å². The first kappa shape index (κ1) is 10.7. The lowest BCUT2D eigenvalue weighted by Gasteiger charge is -2.28. The molecule has 2 aromatic rings. The maximum Gasteiger partial charge on any atom is 0.212 e. The number of rotatable bonds is 2. The molecule has 3 rings (SSSR count). The SMILES string of the molecule is NCc1nnc(N2CCCc3ccccc32)s1. The molecule has 0 bridgehead atoms. The summed E-state index contributed by atoms with van der Waals surface area (Å²) < 4.78 is 0. The highest BCUT2D eigenvalue weighted by Gasteiger charge is 2.20. The Bertz CT molecular complexity index is 523. The van der Waals surface area contributed by atoms with Crippen LogP contribution in [-0.2, 0) is 13.0 Å². The molecule has 2 heterocycles. The summed E-state index contributed by atoms with van der Waals surface area (Å²) in [5, 5.41) is 10.2. The van der Waals surface area contributed by atoms with Crippen molar-refractivity contribution < 1.29 is 0 Å². The van der Waals surface area contributed by atoms with E-state index in [1.165, 1.54) is 11.3 Å². The number of fused-ring (bicyclic) bond motifs is 1. The van der Waals surface area contributed by atoms with Crippen molar-refractivity contribution in [2.75, 3.05) is 11.4 Å². The minimum atomic E-state index is 0.465. The number of aromatic nitrogens is 2. The van der Waals surface area contributed by atoms with E-state index in [9.17, 15) is 0 Å². The van der Waals surface area contributed by atoms with E-state index in [0.717, 1.165) is 29.5 Å². The molecule has 0 fully saturated rings. The number of nitrogens with two attached hydrogens (primary N) is 1. The van der Waals surface area contributed by atoms with E-state index in [-0.39, 0.29) is 0 Å². The third-order valence-corrected chi connectivity index (χ3v) is 3.94. The molecular formula is C12H14N4S. The average molecular weight is 246 g/mol. The fraction of sp³-hybridized carbons (Fsp3) is 0.333. The van der Waals surface area contributed by atoms with Crippen LogP contribution in [0.5, 0.6) is 0 Å². The fourth-order valence-electron chi connectivity index (χ4n) is 2.17. The van der Waals surface area contributed by atoms with Gasteiger partial charge in [-0.2, -0.15) is 0 Å². The molecule has 0 spiro atoms. The number of hydrogen-bond donors (Lipinski definition) is 1. The topological polar surface area (TPSA) is 55.0 Å². The van der Waals surface area contributed by atoms with Gasteiger partial charge in [-0.3, -0.25) is 0 Å². The summed E-state index contributed by atoms with van der Waals surface area (Å²) in [6.45, 7) is 1.48. The van der Waals surface area contributed by atoms with Gasteiger partial charge in [-0.1, -0.05) is 29.5 Å². The molecular weight excluding hydrogens is 232 g/mol. The summed E-state index contributed by atoms with van der Waals surface area (Å²) in [4.78, 5) is 2.25. The molecule has 1 aromatic carbocycles. The molecule has 0 radical (unpaired) electrons. The molecule has 2 N–H and O–H groups in total. The maximum absolute atomic E-state index is 5.58. The minimum Gasteiger partial charge on any atom is -0.324 e. The van der Waals surface area contributed by atoms with Gasteiger partial charge in [-0.25, -0.2) is 0 Å². The summed E-state index contributed by atoms with van der Waals surface area (Å²) in [6, 6.07) is 8.50. The second-order valence-electron chi connectivity index (χ2n) is 4.07. The Hall–Kier alpha value is -1.46. The number of anilines is 2. The Kier molecular flexibility index (Phi) is 2.78. The van der Waals surface area contributed by atoms with Crippen molar-refractivity contribution in [1.29, 1.82) is 0 Å². The van der Waals surface area contributed by atoms with Gasteiger partial charge in [0.1, 0.15) is 5.01 Å². The lowest BCUT2D eigenvalue weighted by atomic mass is 10.0. The predicted molar refractivity (Wildman–Crippen MR) is 69.6 cm³/mol. The average Bonchev–Trinajstić information content (AvgIpc) is 2.87. The normalized spacial score (nSPS) is 14.8. The molecule has 17 heavy (non-hydrogen) atoms. The van der Waals surface area contributed by atoms with Crippen LogP contribution in [0.15, 0.2) is 24.3 Å². The van der Waals surface area contributed by atoms with Gasteiger partial charge >= 0.3 is 0 Å². The molecule has 1 aromatic heterocycles.